The molecule has 0 bridgehead atoms. The zero-order chi connectivity index (χ0) is 18.4. The fourth-order valence-corrected chi connectivity index (χ4v) is 3.73. The van der Waals surface area contributed by atoms with Gasteiger partial charge in [-0.2, -0.15) is 0 Å². The van der Waals surface area contributed by atoms with Crippen LogP contribution in [0.2, 0.25) is 5.02 Å². The highest BCUT2D eigenvalue weighted by molar-refractivity contribution is 8.00. The summed E-state index contributed by atoms with van der Waals surface area (Å²) in [6, 6.07) is 10.9. The van der Waals surface area contributed by atoms with Crippen LogP contribution in [0, 0.1) is 0 Å². The van der Waals surface area contributed by atoms with Gasteiger partial charge < -0.3 is 10.2 Å². The highest BCUT2D eigenvalue weighted by Gasteiger charge is 2.19. The van der Waals surface area contributed by atoms with Gasteiger partial charge in [-0.25, -0.2) is 4.98 Å². The minimum Gasteiger partial charge on any atom is -0.351 e. The predicted octanol–water partition coefficient (Wildman–Crippen LogP) is 3.38. The zero-order valence-corrected chi connectivity index (χ0v) is 15.9. The van der Waals surface area contributed by atoms with Crippen LogP contribution in [0.15, 0.2) is 47.6 Å². The predicted molar refractivity (Wildman–Crippen MR) is 103 cm³/mol. The van der Waals surface area contributed by atoms with E-state index in [2.05, 4.69) is 10.3 Å². The summed E-state index contributed by atoms with van der Waals surface area (Å²) in [7, 11) is 0. The molecule has 3 rings (SSSR count). The van der Waals surface area contributed by atoms with Gasteiger partial charge in [0, 0.05) is 31.4 Å². The minimum atomic E-state index is -0.0889. The molecule has 7 heteroatoms. The minimum absolute atomic E-state index is 0.0849. The van der Waals surface area contributed by atoms with E-state index >= 15 is 0 Å². The first-order valence-corrected chi connectivity index (χ1v) is 9.88. The molecule has 1 aromatic heterocycles. The lowest BCUT2D eigenvalue weighted by molar-refractivity contribution is -0.118. The van der Waals surface area contributed by atoms with Crippen LogP contribution in [-0.4, -0.2) is 40.5 Å². The third kappa shape index (κ3) is 4.99. The first-order valence-electron chi connectivity index (χ1n) is 8.52. The van der Waals surface area contributed by atoms with Crippen molar-refractivity contribution >= 4 is 35.2 Å². The number of carbonyl (C=O) groups is 2. The third-order valence-electron chi connectivity index (χ3n) is 4.15. The molecule has 2 heterocycles. The molecule has 1 aromatic carbocycles. The first-order chi connectivity index (χ1) is 12.6. The Hall–Kier alpha value is -2.05. The van der Waals surface area contributed by atoms with Crippen LogP contribution in [0.4, 0.5) is 0 Å². The van der Waals surface area contributed by atoms with Crippen LogP contribution in [0.1, 0.15) is 28.8 Å². The monoisotopic (exact) mass is 389 g/mol. The van der Waals surface area contributed by atoms with Gasteiger partial charge in [0.25, 0.3) is 5.91 Å². The molecule has 0 atom stereocenters. The second kappa shape index (κ2) is 9.05. The van der Waals surface area contributed by atoms with Gasteiger partial charge in [-0.05, 0) is 42.7 Å². The van der Waals surface area contributed by atoms with Crippen LogP contribution in [0.25, 0.3) is 0 Å². The van der Waals surface area contributed by atoms with Crippen molar-refractivity contribution in [3.8, 4) is 0 Å². The van der Waals surface area contributed by atoms with Crippen LogP contribution in [0.5, 0.6) is 0 Å². The van der Waals surface area contributed by atoms with E-state index in [9.17, 15) is 9.59 Å². The standard InChI is InChI=1S/C19H20ClN3O2S/c20-16-4-3-9-21-18(16)26-13-17(24)22-12-14-5-7-15(8-6-14)19(25)23-10-1-2-11-23/h3-9H,1-2,10-13H2,(H,22,24). The number of likely N-dealkylation sites (tertiary alicyclic amines) is 1. The lowest BCUT2D eigenvalue weighted by atomic mass is 10.1. The van der Waals surface area contributed by atoms with E-state index in [1.54, 1.807) is 18.3 Å². The maximum atomic E-state index is 12.3. The Morgan fingerprint density at radius 2 is 1.88 bits per heavy atom. The summed E-state index contributed by atoms with van der Waals surface area (Å²) < 4.78 is 0. The quantitative estimate of drug-likeness (QED) is 0.769. The first kappa shape index (κ1) is 18.7. The van der Waals surface area contributed by atoms with Gasteiger partial charge in [-0.15, -0.1) is 0 Å². The Balaban J connectivity index is 1.46. The van der Waals surface area contributed by atoms with Crippen LogP contribution in [-0.2, 0) is 11.3 Å². The Morgan fingerprint density at radius 1 is 1.15 bits per heavy atom. The molecule has 26 heavy (non-hydrogen) atoms. The number of hydrogen-bond donors (Lipinski definition) is 1. The molecule has 1 N–H and O–H groups in total. The molecular weight excluding hydrogens is 370 g/mol. The smallest absolute Gasteiger partial charge is 0.253 e. The number of nitrogens with zero attached hydrogens (tertiary/aromatic N) is 2. The Labute approximate surface area is 162 Å². The summed E-state index contributed by atoms with van der Waals surface area (Å²) in [4.78, 5) is 30.3. The maximum absolute atomic E-state index is 12.3. The topological polar surface area (TPSA) is 62.3 Å². The third-order valence-corrected chi connectivity index (χ3v) is 5.57. The van der Waals surface area contributed by atoms with E-state index in [1.165, 1.54) is 11.8 Å². The average molecular weight is 390 g/mol. The lowest BCUT2D eigenvalue weighted by Crippen LogP contribution is -2.27. The zero-order valence-electron chi connectivity index (χ0n) is 14.3. The second-order valence-corrected chi connectivity index (χ2v) is 7.42. The molecule has 2 aromatic rings. The van der Waals surface area contributed by atoms with Gasteiger partial charge in [0.05, 0.1) is 10.8 Å². The van der Waals surface area contributed by atoms with Gasteiger partial charge >= 0.3 is 0 Å². The number of pyridine rings is 1. The summed E-state index contributed by atoms with van der Waals surface area (Å²) in [5.41, 5.74) is 1.65. The number of benzene rings is 1. The van der Waals surface area contributed by atoms with E-state index in [0.717, 1.165) is 31.5 Å². The van der Waals surface area contributed by atoms with Gasteiger partial charge in [0.1, 0.15) is 5.03 Å². The van der Waals surface area contributed by atoms with Crippen LogP contribution < -0.4 is 5.32 Å². The van der Waals surface area contributed by atoms with Gasteiger partial charge in [-0.3, -0.25) is 9.59 Å². The number of nitrogens with one attached hydrogen (secondary N) is 1. The summed E-state index contributed by atoms with van der Waals surface area (Å²) in [5, 5.41) is 4.06. The number of hydrogen-bond acceptors (Lipinski definition) is 4. The molecule has 136 valence electrons. The van der Waals surface area contributed by atoms with Crippen molar-refractivity contribution in [2.24, 2.45) is 0 Å². The number of thioether (sulfide) groups is 1. The van der Waals surface area contributed by atoms with Crippen molar-refractivity contribution in [2.75, 3.05) is 18.8 Å². The molecular formula is C19H20ClN3O2S. The molecule has 1 fully saturated rings. The highest BCUT2D eigenvalue weighted by Crippen LogP contribution is 2.23. The van der Waals surface area contributed by atoms with Crippen molar-refractivity contribution < 1.29 is 9.59 Å². The van der Waals surface area contributed by atoms with E-state index in [-0.39, 0.29) is 17.6 Å². The van der Waals surface area contributed by atoms with E-state index < -0.39 is 0 Å². The summed E-state index contributed by atoms with van der Waals surface area (Å²) in [5.74, 6) is 0.248. The number of rotatable bonds is 6. The van der Waals surface area contributed by atoms with Gasteiger partial charge in [0.2, 0.25) is 5.91 Å². The molecule has 0 spiro atoms. The molecule has 0 aliphatic carbocycles. The normalized spacial score (nSPS) is 13.7. The largest absolute Gasteiger partial charge is 0.351 e. The van der Waals surface area contributed by atoms with Crippen LogP contribution in [0.3, 0.4) is 0 Å². The maximum Gasteiger partial charge on any atom is 0.253 e. The molecule has 5 nitrogen and oxygen atoms in total. The number of aromatic nitrogens is 1. The molecule has 0 saturated carbocycles. The van der Waals surface area contributed by atoms with E-state index in [4.69, 9.17) is 11.6 Å². The van der Waals surface area contributed by atoms with E-state index in [1.807, 2.05) is 29.2 Å². The van der Waals surface area contributed by atoms with Crippen molar-refractivity contribution in [2.45, 2.75) is 24.4 Å². The van der Waals surface area contributed by atoms with Crippen molar-refractivity contribution in [1.29, 1.82) is 0 Å². The molecule has 1 aliphatic rings. The molecule has 1 aliphatic heterocycles. The lowest BCUT2D eigenvalue weighted by Gasteiger charge is -2.15. The number of amides is 2. The molecule has 1 saturated heterocycles. The van der Waals surface area contributed by atoms with Crippen molar-refractivity contribution in [3.05, 3.63) is 58.7 Å². The SMILES string of the molecule is O=C(CSc1ncccc1Cl)NCc1ccc(C(=O)N2CCCC2)cc1. The Bertz CT molecular complexity index is 777. The average Bonchev–Trinajstić information content (AvgIpc) is 3.20. The molecule has 0 unspecified atom stereocenters. The molecule has 2 amide bonds. The van der Waals surface area contributed by atoms with Crippen molar-refractivity contribution in [3.63, 3.8) is 0 Å². The summed E-state index contributed by atoms with van der Waals surface area (Å²) >= 11 is 7.33. The summed E-state index contributed by atoms with van der Waals surface area (Å²) in [6.07, 6.45) is 3.81. The van der Waals surface area contributed by atoms with Gasteiger partial charge in [-0.1, -0.05) is 35.5 Å². The van der Waals surface area contributed by atoms with E-state index in [0.29, 0.717) is 22.2 Å². The fourth-order valence-electron chi connectivity index (χ4n) is 2.73. The van der Waals surface area contributed by atoms with Gasteiger partial charge in [0.15, 0.2) is 0 Å². The summed E-state index contributed by atoms with van der Waals surface area (Å²) in [6.45, 7) is 2.11. The Morgan fingerprint density at radius 3 is 2.58 bits per heavy atom. The highest BCUT2D eigenvalue weighted by atomic mass is 35.5. The number of carbonyl (C=O) groups excluding carboxylic acids is 2. The molecule has 0 radical (unpaired) electrons. The second-order valence-electron chi connectivity index (χ2n) is 6.05. The fraction of sp³-hybridized carbons (Fsp3) is 0.316. The Kier molecular flexibility index (Phi) is 6.52. The number of halogens is 1. The van der Waals surface area contributed by atoms with Crippen LogP contribution >= 0.6 is 23.4 Å². The van der Waals surface area contributed by atoms with Crippen molar-refractivity contribution in [1.82, 2.24) is 15.2 Å².